The number of anilines is 1. The fourth-order valence-electron chi connectivity index (χ4n) is 2.33. The SMILES string of the molecule is CCNC(=O)Nc1nc2cc(B3OCC(C)(C)CO3)ccc2s1. The minimum absolute atomic E-state index is 0.0466. The van der Waals surface area contributed by atoms with Gasteiger partial charge in [-0.25, -0.2) is 9.78 Å². The summed E-state index contributed by atoms with van der Waals surface area (Å²) in [6.45, 7) is 8.01. The van der Waals surface area contributed by atoms with Crippen LogP contribution in [0.2, 0.25) is 0 Å². The van der Waals surface area contributed by atoms with Crippen LogP contribution in [0.4, 0.5) is 9.93 Å². The number of nitrogens with zero attached hydrogens (tertiary/aromatic N) is 1. The number of thiazole rings is 1. The van der Waals surface area contributed by atoms with Gasteiger partial charge < -0.3 is 14.6 Å². The molecular weight excluding hydrogens is 313 g/mol. The van der Waals surface area contributed by atoms with Crippen molar-refractivity contribution in [3.63, 3.8) is 0 Å². The van der Waals surface area contributed by atoms with E-state index < -0.39 is 0 Å². The van der Waals surface area contributed by atoms with E-state index in [1.807, 2.05) is 25.1 Å². The molecule has 1 aliphatic heterocycles. The molecule has 2 aromatic rings. The van der Waals surface area contributed by atoms with Crippen molar-refractivity contribution in [2.24, 2.45) is 5.41 Å². The molecule has 0 bridgehead atoms. The predicted molar refractivity (Wildman–Crippen MR) is 93.4 cm³/mol. The minimum atomic E-state index is -0.353. The number of urea groups is 1. The van der Waals surface area contributed by atoms with Crippen LogP contribution in [0.15, 0.2) is 18.2 Å². The van der Waals surface area contributed by atoms with Crippen molar-refractivity contribution in [1.82, 2.24) is 10.3 Å². The van der Waals surface area contributed by atoms with E-state index in [0.717, 1.165) is 15.7 Å². The van der Waals surface area contributed by atoms with Gasteiger partial charge >= 0.3 is 13.1 Å². The number of benzene rings is 1. The Morgan fingerprint density at radius 3 is 2.83 bits per heavy atom. The minimum Gasteiger partial charge on any atom is -0.407 e. The van der Waals surface area contributed by atoms with E-state index >= 15 is 0 Å². The summed E-state index contributed by atoms with van der Waals surface area (Å²) in [5.41, 5.74) is 1.82. The summed E-state index contributed by atoms with van der Waals surface area (Å²) >= 11 is 1.44. The van der Waals surface area contributed by atoms with Crippen molar-refractivity contribution < 1.29 is 14.1 Å². The van der Waals surface area contributed by atoms with Crippen LogP contribution in [-0.4, -0.2) is 37.9 Å². The number of rotatable bonds is 3. The fraction of sp³-hybridized carbons (Fsp3) is 0.467. The number of nitrogens with one attached hydrogen (secondary N) is 2. The molecule has 0 radical (unpaired) electrons. The first kappa shape index (κ1) is 16.2. The lowest BCUT2D eigenvalue weighted by molar-refractivity contribution is 0.0343. The summed E-state index contributed by atoms with van der Waals surface area (Å²) in [5, 5.41) is 6.00. The van der Waals surface area contributed by atoms with Crippen molar-refractivity contribution in [2.75, 3.05) is 25.1 Å². The Morgan fingerprint density at radius 1 is 1.39 bits per heavy atom. The van der Waals surface area contributed by atoms with E-state index in [1.54, 1.807) is 0 Å². The number of aromatic nitrogens is 1. The molecule has 1 saturated heterocycles. The number of hydrogen-bond donors (Lipinski definition) is 2. The second kappa shape index (κ2) is 6.47. The van der Waals surface area contributed by atoms with Gasteiger partial charge in [0, 0.05) is 25.2 Å². The first-order valence-corrected chi connectivity index (χ1v) is 8.47. The largest absolute Gasteiger partial charge is 0.493 e. The number of carbonyl (C=O) groups excluding carboxylic acids is 1. The maximum Gasteiger partial charge on any atom is 0.493 e. The van der Waals surface area contributed by atoms with Crippen LogP contribution < -0.4 is 16.1 Å². The summed E-state index contributed by atoms with van der Waals surface area (Å²) in [6, 6.07) is 5.68. The summed E-state index contributed by atoms with van der Waals surface area (Å²) in [5.74, 6) is 0. The third kappa shape index (κ3) is 3.83. The van der Waals surface area contributed by atoms with Crippen LogP contribution in [0.3, 0.4) is 0 Å². The molecule has 6 nitrogen and oxygen atoms in total. The second-order valence-electron chi connectivity index (χ2n) is 6.35. The molecule has 1 aliphatic rings. The first-order valence-electron chi connectivity index (χ1n) is 7.65. The highest BCUT2D eigenvalue weighted by atomic mass is 32.1. The number of fused-ring (bicyclic) bond motifs is 1. The molecule has 1 aromatic heterocycles. The Balaban J connectivity index is 1.75. The van der Waals surface area contributed by atoms with Gasteiger partial charge in [0.15, 0.2) is 5.13 Å². The van der Waals surface area contributed by atoms with E-state index in [-0.39, 0.29) is 18.6 Å². The Labute approximate surface area is 139 Å². The van der Waals surface area contributed by atoms with Gasteiger partial charge in [-0.1, -0.05) is 31.3 Å². The molecule has 2 amide bonds. The molecule has 0 atom stereocenters. The quantitative estimate of drug-likeness (QED) is 0.845. The molecule has 2 heterocycles. The number of carbonyl (C=O) groups is 1. The zero-order valence-corrected chi connectivity index (χ0v) is 14.3. The average Bonchev–Trinajstić information content (AvgIpc) is 2.88. The molecule has 0 aliphatic carbocycles. The second-order valence-corrected chi connectivity index (χ2v) is 7.38. The molecule has 122 valence electrons. The average molecular weight is 333 g/mol. The van der Waals surface area contributed by atoms with Gasteiger partial charge in [0.2, 0.25) is 0 Å². The zero-order chi connectivity index (χ0) is 16.4. The van der Waals surface area contributed by atoms with Gasteiger partial charge in [-0.3, -0.25) is 5.32 Å². The highest BCUT2D eigenvalue weighted by molar-refractivity contribution is 7.22. The molecule has 23 heavy (non-hydrogen) atoms. The Kier molecular flexibility index (Phi) is 4.56. The summed E-state index contributed by atoms with van der Waals surface area (Å²) in [7, 11) is -0.353. The molecule has 3 rings (SSSR count). The van der Waals surface area contributed by atoms with Crippen LogP contribution >= 0.6 is 11.3 Å². The van der Waals surface area contributed by atoms with E-state index in [2.05, 4.69) is 29.5 Å². The topological polar surface area (TPSA) is 72.5 Å². The Morgan fingerprint density at radius 2 is 2.13 bits per heavy atom. The van der Waals surface area contributed by atoms with Gasteiger partial charge in [-0.2, -0.15) is 0 Å². The molecule has 1 fully saturated rings. The maximum absolute atomic E-state index is 11.6. The third-order valence-electron chi connectivity index (χ3n) is 3.49. The van der Waals surface area contributed by atoms with E-state index in [1.165, 1.54) is 11.3 Å². The molecule has 0 spiro atoms. The summed E-state index contributed by atoms with van der Waals surface area (Å²) < 4.78 is 12.6. The fourth-order valence-corrected chi connectivity index (χ4v) is 3.17. The normalized spacial score (nSPS) is 17.3. The van der Waals surface area contributed by atoms with E-state index in [9.17, 15) is 4.79 Å². The monoisotopic (exact) mass is 333 g/mol. The van der Waals surface area contributed by atoms with Gasteiger partial charge in [0.05, 0.1) is 10.2 Å². The van der Waals surface area contributed by atoms with Crippen LogP contribution in [0, 0.1) is 5.41 Å². The Hall–Kier alpha value is -1.64. The first-order chi connectivity index (χ1) is 11.0. The maximum atomic E-state index is 11.6. The molecule has 8 heteroatoms. The number of hydrogen-bond acceptors (Lipinski definition) is 5. The third-order valence-corrected chi connectivity index (χ3v) is 4.44. The number of amides is 2. The Bertz CT molecular complexity index is 709. The van der Waals surface area contributed by atoms with Crippen molar-refractivity contribution >= 4 is 45.3 Å². The van der Waals surface area contributed by atoms with Crippen LogP contribution in [-0.2, 0) is 9.31 Å². The molecule has 2 N–H and O–H groups in total. The van der Waals surface area contributed by atoms with E-state index in [4.69, 9.17) is 9.31 Å². The van der Waals surface area contributed by atoms with Crippen molar-refractivity contribution in [1.29, 1.82) is 0 Å². The summed E-state index contributed by atoms with van der Waals surface area (Å²) in [4.78, 5) is 16.0. The van der Waals surface area contributed by atoms with Gasteiger partial charge in [-0.15, -0.1) is 0 Å². The van der Waals surface area contributed by atoms with Crippen LogP contribution in [0.5, 0.6) is 0 Å². The van der Waals surface area contributed by atoms with E-state index in [0.29, 0.717) is 24.9 Å². The van der Waals surface area contributed by atoms with Crippen molar-refractivity contribution in [2.45, 2.75) is 20.8 Å². The highest BCUT2D eigenvalue weighted by Crippen LogP contribution is 2.26. The van der Waals surface area contributed by atoms with Gasteiger partial charge in [-0.05, 0) is 24.5 Å². The molecule has 1 aromatic carbocycles. The van der Waals surface area contributed by atoms with Crippen molar-refractivity contribution in [3.8, 4) is 0 Å². The van der Waals surface area contributed by atoms with Crippen molar-refractivity contribution in [3.05, 3.63) is 18.2 Å². The molecule has 0 unspecified atom stereocenters. The lowest BCUT2D eigenvalue weighted by Gasteiger charge is -2.33. The summed E-state index contributed by atoms with van der Waals surface area (Å²) in [6.07, 6.45) is 0. The van der Waals surface area contributed by atoms with Gasteiger partial charge in [0.25, 0.3) is 0 Å². The lowest BCUT2D eigenvalue weighted by Crippen LogP contribution is -2.47. The van der Waals surface area contributed by atoms with Gasteiger partial charge in [0.1, 0.15) is 0 Å². The smallest absolute Gasteiger partial charge is 0.407 e. The molecule has 0 saturated carbocycles. The molecular formula is C15H20BN3O3S. The zero-order valence-electron chi connectivity index (χ0n) is 13.5. The van der Waals surface area contributed by atoms with Crippen LogP contribution in [0.25, 0.3) is 10.2 Å². The lowest BCUT2D eigenvalue weighted by atomic mass is 9.76. The standard InChI is InChI=1S/C15H20BN3O3S/c1-4-17-13(20)19-14-18-11-7-10(5-6-12(11)23-14)16-21-8-15(2,3)9-22-16/h5-7H,4,8-9H2,1-3H3,(H2,17,18,19,20). The predicted octanol–water partition coefficient (Wildman–Crippen LogP) is 2.21. The van der Waals surface area contributed by atoms with Crippen LogP contribution in [0.1, 0.15) is 20.8 Å². The highest BCUT2D eigenvalue weighted by Gasteiger charge is 2.33.